The zero-order valence-corrected chi connectivity index (χ0v) is 34.3. The summed E-state index contributed by atoms with van der Waals surface area (Å²) in [4.78, 5) is 72.9. The molecule has 3 aliphatic rings. The lowest BCUT2D eigenvalue weighted by Crippen LogP contribution is -2.49. The lowest BCUT2D eigenvalue weighted by molar-refractivity contribution is -0.134. The molecule has 318 valence electrons. The van der Waals surface area contributed by atoms with Crippen molar-refractivity contribution in [1.29, 1.82) is 0 Å². The van der Waals surface area contributed by atoms with Gasteiger partial charge in [0.25, 0.3) is 0 Å². The second-order valence-electron chi connectivity index (χ2n) is 15.3. The molecule has 0 aliphatic carbocycles. The maximum absolute atomic E-state index is 15.5. The van der Waals surface area contributed by atoms with Gasteiger partial charge in [-0.05, 0) is 62.2 Å². The summed E-state index contributed by atoms with van der Waals surface area (Å²) in [6.07, 6.45) is 7.96. The van der Waals surface area contributed by atoms with Crippen molar-refractivity contribution in [3.8, 4) is 11.1 Å². The highest BCUT2D eigenvalue weighted by Crippen LogP contribution is 2.32. The van der Waals surface area contributed by atoms with Crippen molar-refractivity contribution in [2.45, 2.75) is 38.6 Å². The van der Waals surface area contributed by atoms with Crippen LogP contribution in [0.3, 0.4) is 0 Å². The van der Waals surface area contributed by atoms with Gasteiger partial charge in [-0.25, -0.2) is 32.4 Å². The van der Waals surface area contributed by atoms with Crippen LogP contribution in [0.2, 0.25) is 0 Å². The molecule has 8 rings (SSSR count). The van der Waals surface area contributed by atoms with Crippen LogP contribution < -0.4 is 25.2 Å². The van der Waals surface area contributed by atoms with Gasteiger partial charge in [0.1, 0.15) is 23.3 Å². The number of carbonyl (C=O) groups excluding carboxylic acids is 4. The van der Waals surface area contributed by atoms with Crippen LogP contribution in [0.15, 0.2) is 61.2 Å². The molecule has 61 heavy (non-hydrogen) atoms. The van der Waals surface area contributed by atoms with Crippen LogP contribution in [0, 0.1) is 23.4 Å². The van der Waals surface area contributed by atoms with Crippen LogP contribution in [-0.4, -0.2) is 112 Å². The van der Waals surface area contributed by atoms with Gasteiger partial charge in [0.15, 0.2) is 5.82 Å². The van der Waals surface area contributed by atoms with Crippen molar-refractivity contribution in [3.05, 3.63) is 89.8 Å². The monoisotopic (exact) mass is 855 g/mol. The van der Waals surface area contributed by atoms with Crippen molar-refractivity contribution in [2.24, 2.45) is 5.92 Å². The van der Waals surface area contributed by atoms with Crippen molar-refractivity contribution >= 4 is 69.7 Å². The van der Waals surface area contributed by atoms with E-state index in [0.29, 0.717) is 98.1 Å². The fourth-order valence-electron chi connectivity index (χ4n) is 7.78. The predicted octanol–water partition coefficient (Wildman–Crippen LogP) is 5.38. The van der Waals surface area contributed by atoms with E-state index in [-0.39, 0.29) is 35.4 Å². The van der Waals surface area contributed by atoms with E-state index in [4.69, 9.17) is 0 Å². The second-order valence-corrected chi connectivity index (χ2v) is 16.3. The zero-order chi connectivity index (χ0) is 42.8. The third-order valence-electron chi connectivity index (χ3n) is 11.4. The number of nitrogens with one attached hydrogen (secondary N) is 4. The molecule has 6 heterocycles. The van der Waals surface area contributed by atoms with E-state index in [0.717, 1.165) is 24.6 Å². The minimum absolute atomic E-state index is 0.0151. The molecule has 5 aromatic rings. The Morgan fingerprint density at radius 3 is 2.43 bits per heavy atom. The SMILES string of the molecule is CCN(C)SNc1ccc(F)c(C(=O)c2c[nH]c3ncc(-c4cnc(N5CCN(C(=O)CC6CCN(c7ccc(NC8CCC(=O)NC8=O)cc7F)C6)CC5)nc4)cc23)c1F. The van der Waals surface area contributed by atoms with Crippen LogP contribution in [0.5, 0.6) is 0 Å². The van der Waals surface area contributed by atoms with Gasteiger partial charge in [0.2, 0.25) is 29.5 Å². The van der Waals surface area contributed by atoms with Crippen LogP contribution in [0.1, 0.15) is 48.5 Å². The molecular formula is C42H44F3N11O4S. The molecule has 0 bridgehead atoms. The number of aromatic nitrogens is 4. The quantitative estimate of drug-likeness (QED) is 0.0677. The highest BCUT2D eigenvalue weighted by molar-refractivity contribution is 7.98. The van der Waals surface area contributed by atoms with Gasteiger partial charge in [0, 0.05) is 123 Å². The number of nitrogens with zero attached hydrogens (tertiary/aromatic N) is 7. The molecule has 19 heteroatoms. The summed E-state index contributed by atoms with van der Waals surface area (Å²) in [5.41, 5.74) is 1.88. The van der Waals surface area contributed by atoms with E-state index in [1.165, 1.54) is 18.3 Å². The van der Waals surface area contributed by atoms with Gasteiger partial charge >= 0.3 is 0 Å². The average Bonchev–Trinajstić information content (AvgIpc) is 3.91. The third kappa shape index (κ3) is 8.97. The number of fused-ring (bicyclic) bond motifs is 1. The molecule has 2 aromatic carbocycles. The summed E-state index contributed by atoms with van der Waals surface area (Å²) in [5.74, 6) is -3.33. The number of benzene rings is 2. The number of piperazine rings is 1. The minimum atomic E-state index is -0.989. The van der Waals surface area contributed by atoms with Crippen molar-refractivity contribution < 1.29 is 32.3 Å². The summed E-state index contributed by atoms with van der Waals surface area (Å²) in [5, 5.41) is 5.69. The van der Waals surface area contributed by atoms with Crippen molar-refractivity contribution in [1.82, 2.24) is 34.5 Å². The van der Waals surface area contributed by atoms with Crippen LogP contribution in [0.4, 0.5) is 36.2 Å². The number of rotatable bonds is 13. The normalized spacial score (nSPS) is 18.2. The van der Waals surface area contributed by atoms with Crippen molar-refractivity contribution in [2.75, 3.05) is 72.7 Å². The summed E-state index contributed by atoms with van der Waals surface area (Å²) < 4.78 is 50.4. The molecule has 3 fully saturated rings. The number of halogens is 3. The number of pyridine rings is 1. The number of hydrogen-bond acceptors (Lipinski definition) is 13. The first-order chi connectivity index (χ1) is 29.4. The number of H-pyrrole nitrogens is 1. The second kappa shape index (κ2) is 17.8. The largest absolute Gasteiger partial charge is 0.374 e. The molecule has 3 amide bonds. The summed E-state index contributed by atoms with van der Waals surface area (Å²) >= 11 is 1.13. The molecule has 15 nitrogen and oxygen atoms in total. The van der Waals surface area contributed by atoms with E-state index in [2.05, 4.69) is 35.3 Å². The number of piperidine rings is 1. The average molecular weight is 856 g/mol. The molecule has 3 aromatic heterocycles. The molecule has 2 atom stereocenters. The Kier molecular flexibility index (Phi) is 12.1. The number of amides is 3. The molecule has 2 unspecified atom stereocenters. The van der Waals surface area contributed by atoms with Crippen LogP contribution in [-0.2, 0) is 14.4 Å². The predicted molar refractivity (Wildman–Crippen MR) is 226 cm³/mol. The van der Waals surface area contributed by atoms with Gasteiger partial charge < -0.3 is 29.7 Å². The van der Waals surface area contributed by atoms with E-state index in [1.807, 2.05) is 33.0 Å². The minimum Gasteiger partial charge on any atom is -0.374 e. The first-order valence-corrected chi connectivity index (χ1v) is 20.9. The lowest BCUT2D eigenvalue weighted by Gasteiger charge is -2.35. The summed E-state index contributed by atoms with van der Waals surface area (Å²) in [6.45, 7) is 5.83. The Morgan fingerprint density at radius 1 is 0.918 bits per heavy atom. The first-order valence-electron chi connectivity index (χ1n) is 20.1. The number of anilines is 4. The fraction of sp³-hybridized carbons (Fsp3) is 0.357. The molecule has 0 saturated carbocycles. The maximum Gasteiger partial charge on any atom is 0.249 e. The van der Waals surface area contributed by atoms with Gasteiger partial charge in [-0.3, -0.25) is 24.5 Å². The van der Waals surface area contributed by atoms with E-state index < -0.39 is 40.7 Å². The Morgan fingerprint density at radius 2 is 1.69 bits per heavy atom. The van der Waals surface area contributed by atoms with Gasteiger partial charge in [-0.15, -0.1) is 0 Å². The Labute approximate surface area is 353 Å². The number of imide groups is 1. The van der Waals surface area contributed by atoms with Crippen molar-refractivity contribution in [3.63, 3.8) is 0 Å². The number of aromatic amines is 1. The molecular weight excluding hydrogens is 812 g/mol. The highest BCUT2D eigenvalue weighted by atomic mass is 32.2. The molecule has 3 saturated heterocycles. The molecule has 0 spiro atoms. The van der Waals surface area contributed by atoms with E-state index >= 15 is 8.78 Å². The molecule has 0 radical (unpaired) electrons. The molecule has 4 N–H and O–H groups in total. The van der Waals surface area contributed by atoms with Crippen LogP contribution >= 0.6 is 12.1 Å². The fourth-order valence-corrected chi connectivity index (χ4v) is 8.32. The van der Waals surface area contributed by atoms with Gasteiger partial charge in [-0.2, -0.15) is 0 Å². The van der Waals surface area contributed by atoms with Crippen LogP contribution in [0.25, 0.3) is 22.2 Å². The Hall–Kier alpha value is -6.21. The topological polar surface area (TPSA) is 172 Å². The highest BCUT2D eigenvalue weighted by Gasteiger charge is 2.31. The number of ketones is 1. The first kappa shape index (κ1) is 41.5. The number of hydrogen-bond donors (Lipinski definition) is 4. The zero-order valence-electron chi connectivity index (χ0n) is 33.5. The Bertz CT molecular complexity index is 2480. The van der Waals surface area contributed by atoms with E-state index in [9.17, 15) is 23.6 Å². The summed E-state index contributed by atoms with van der Waals surface area (Å²) in [7, 11) is 1.81. The third-order valence-corrected chi connectivity index (χ3v) is 12.2. The maximum atomic E-state index is 15.5. The van der Waals surface area contributed by atoms with Gasteiger partial charge in [0.05, 0.1) is 16.9 Å². The van der Waals surface area contributed by atoms with E-state index in [1.54, 1.807) is 36.8 Å². The Balaban J connectivity index is 0.846. The lowest BCUT2D eigenvalue weighted by atomic mass is 10.0. The van der Waals surface area contributed by atoms with Gasteiger partial charge in [-0.1, -0.05) is 6.92 Å². The standard InChI is InChI=1S/C42H44F3N11O4S/c1-3-53(2)61-52-32-6-5-30(43)37(38(32)45)39(59)29-22-47-40-28(29)17-25(19-46-40)26-20-48-42(49-21-26)55-14-12-54(13-15-55)36(58)16-24-10-11-56(23-24)34-8-4-27(18-31(34)44)50-33-7-9-35(57)51-41(33)60/h4-6,8,17-22,24,33,50,52H,3,7,9-16,23H2,1-2H3,(H,46,47)(H,51,57,60). The smallest absolute Gasteiger partial charge is 0.249 e. The number of carbonyl (C=O) groups is 4. The molecule has 3 aliphatic heterocycles. The summed E-state index contributed by atoms with van der Waals surface area (Å²) in [6, 6.07) is 8.17.